The quantitative estimate of drug-likeness (QED) is 0.268. The van der Waals surface area contributed by atoms with Crippen molar-refractivity contribution < 1.29 is 52.3 Å². The highest BCUT2D eigenvalue weighted by Crippen LogP contribution is 2.42. The molecule has 12 heteroatoms. The van der Waals surface area contributed by atoms with Gasteiger partial charge in [-0.3, -0.25) is 19.2 Å². The van der Waals surface area contributed by atoms with E-state index in [0.29, 0.717) is 35.8 Å². The zero-order valence-corrected chi connectivity index (χ0v) is 25.2. The topological polar surface area (TPSA) is 133 Å². The molecule has 232 valence electrons. The van der Waals surface area contributed by atoms with Crippen LogP contribution >= 0.6 is 11.6 Å². The second-order valence-electron chi connectivity index (χ2n) is 10.4. The number of esters is 4. The lowest BCUT2D eigenvalue weighted by Crippen LogP contribution is -2.46. The molecular formula is C31H35ClO11. The van der Waals surface area contributed by atoms with E-state index < -0.39 is 54.4 Å². The molecular weight excluding hydrogens is 584 g/mol. The average Bonchev–Trinajstić information content (AvgIpc) is 3.56. The van der Waals surface area contributed by atoms with Crippen LogP contribution in [0.5, 0.6) is 5.75 Å². The minimum Gasteiger partial charge on any atom is -0.488 e. The van der Waals surface area contributed by atoms with Crippen LogP contribution in [-0.4, -0.2) is 74.2 Å². The zero-order chi connectivity index (χ0) is 31.1. The molecule has 0 saturated carbocycles. The number of halogens is 1. The van der Waals surface area contributed by atoms with E-state index in [2.05, 4.69) is 0 Å². The highest BCUT2D eigenvalue weighted by molar-refractivity contribution is 6.31. The van der Waals surface area contributed by atoms with E-state index in [4.69, 9.17) is 44.8 Å². The lowest BCUT2D eigenvalue weighted by Gasteiger charge is -2.27. The van der Waals surface area contributed by atoms with Gasteiger partial charge in [-0.2, -0.15) is 0 Å². The lowest BCUT2D eigenvalue weighted by atomic mass is 9.92. The minimum absolute atomic E-state index is 0.0218. The fourth-order valence-corrected chi connectivity index (χ4v) is 5.45. The van der Waals surface area contributed by atoms with Crippen LogP contribution in [0.2, 0.25) is 5.02 Å². The van der Waals surface area contributed by atoms with Gasteiger partial charge in [-0.1, -0.05) is 35.9 Å². The highest BCUT2D eigenvalue weighted by atomic mass is 35.5. The van der Waals surface area contributed by atoms with Crippen LogP contribution in [0.3, 0.4) is 0 Å². The van der Waals surface area contributed by atoms with Crippen LogP contribution in [0.25, 0.3) is 0 Å². The molecule has 0 aromatic heterocycles. The fourth-order valence-electron chi connectivity index (χ4n) is 5.20. The van der Waals surface area contributed by atoms with E-state index in [0.717, 1.165) is 17.7 Å². The third-order valence-corrected chi connectivity index (χ3v) is 7.30. The second-order valence-corrected chi connectivity index (χ2v) is 10.8. The van der Waals surface area contributed by atoms with Gasteiger partial charge in [0.1, 0.15) is 30.7 Å². The van der Waals surface area contributed by atoms with Crippen molar-refractivity contribution in [2.75, 3.05) is 19.8 Å². The Kier molecular flexibility index (Phi) is 11.0. The standard InChI is InChI=1S/C31H35ClO11/c1-17(33)38-16-27(39-18(2)34)29-31(41-20(4)36)30(40-19(3)35)28(43-29)24-6-5-7-26(32)25(24)14-21-8-10-22(11-9-21)42-23-12-13-37-15-23/h5-11,23,27-31H,12-16H2,1-4H3/t23-,27+,28-,29+,30-,31-/m0/s1. The Hall–Kier alpha value is -3.67. The Bertz CT molecular complexity index is 1310. The molecule has 0 bridgehead atoms. The first-order chi connectivity index (χ1) is 20.5. The molecule has 0 aliphatic carbocycles. The Morgan fingerprint density at radius 2 is 1.60 bits per heavy atom. The second kappa shape index (κ2) is 14.7. The molecule has 0 amide bonds. The first-order valence-electron chi connectivity index (χ1n) is 13.9. The van der Waals surface area contributed by atoms with Crippen LogP contribution in [0, 0.1) is 0 Å². The predicted octanol–water partition coefficient (Wildman–Crippen LogP) is 3.90. The summed E-state index contributed by atoms with van der Waals surface area (Å²) in [5.74, 6) is -1.89. The number of hydrogen-bond donors (Lipinski definition) is 0. The number of rotatable bonds is 11. The van der Waals surface area contributed by atoms with Crippen molar-refractivity contribution in [3.05, 3.63) is 64.2 Å². The number of carbonyl (C=O) groups is 4. The van der Waals surface area contributed by atoms with Crippen molar-refractivity contribution in [2.24, 2.45) is 0 Å². The van der Waals surface area contributed by atoms with E-state index in [9.17, 15) is 19.2 Å². The summed E-state index contributed by atoms with van der Waals surface area (Å²) in [5, 5.41) is 0.440. The van der Waals surface area contributed by atoms with Crippen LogP contribution < -0.4 is 4.74 Å². The van der Waals surface area contributed by atoms with Gasteiger partial charge in [-0.05, 0) is 41.3 Å². The van der Waals surface area contributed by atoms with E-state index in [1.165, 1.54) is 27.7 Å². The largest absolute Gasteiger partial charge is 0.488 e. The summed E-state index contributed by atoms with van der Waals surface area (Å²) in [6.07, 6.45) is -4.39. The summed E-state index contributed by atoms with van der Waals surface area (Å²) in [4.78, 5) is 48.0. The fraction of sp³-hybridized carbons (Fsp3) is 0.484. The van der Waals surface area contributed by atoms with Crippen molar-refractivity contribution in [3.63, 3.8) is 0 Å². The van der Waals surface area contributed by atoms with Crippen molar-refractivity contribution >= 4 is 35.5 Å². The van der Waals surface area contributed by atoms with Crippen molar-refractivity contribution in [1.29, 1.82) is 0 Å². The number of carbonyl (C=O) groups excluding carboxylic acids is 4. The van der Waals surface area contributed by atoms with Gasteiger partial charge >= 0.3 is 23.9 Å². The van der Waals surface area contributed by atoms with Crippen molar-refractivity contribution in [1.82, 2.24) is 0 Å². The van der Waals surface area contributed by atoms with Gasteiger partial charge < -0.3 is 33.2 Å². The lowest BCUT2D eigenvalue weighted by molar-refractivity contribution is -0.176. The molecule has 2 heterocycles. The smallest absolute Gasteiger partial charge is 0.303 e. The molecule has 2 saturated heterocycles. The number of benzene rings is 2. The van der Waals surface area contributed by atoms with Gasteiger partial charge in [-0.25, -0.2) is 0 Å². The first-order valence-corrected chi connectivity index (χ1v) is 14.3. The Balaban J connectivity index is 1.68. The molecule has 6 atom stereocenters. The SMILES string of the molecule is CC(=O)OC[C@@H](OC(C)=O)[C@H]1O[C@@H](c2cccc(Cl)c2Cc2ccc(O[C@H]3CCOC3)cc2)[C@H](OC(C)=O)[C@H]1OC(C)=O. The van der Waals surface area contributed by atoms with Crippen LogP contribution in [0.4, 0.5) is 0 Å². The Morgan fingerprint density at radius 1 is 0.907 bits per heavy atom. The molecule has 2 aliphatic heterocycles. The summed E-state index contributed by atoms with van der Waals surface area (Å²) >= 11 is 6.71. The Morgan fingerprint density at radius 3 is 2.21 bits per heavy atom. The van der Waals surface area contributed by atoms with Crippen molar-refractivity contribution in [3.8, 4) is 5.75 Å². The van der Waals surface area contributed by atoms with E-state index in [-0.39, 0.29) is 12.7 Å². The minimum atomic E-state index is -1.20. The molecule has 0 unspecified atom stereocenters. The highest BCUT2D eigenvalue weighted by Gasteiger charge is 2.54. The van der Waals surface area contributed by atoms with Crippen molar-refractivity contribution in [2.45, 2.75) is 77.2 Å². The maximum atomic E-state index is 12.3. The zero-order valence-electron chi connectivity index (χ0n) is 24.4. The molecule has 0 spiro atoms. The molecule has 4 rings (SSSR count). The van der Waals surface area contributed by atoms with Crippen LogP contribution in [-0.2, 0) is 54.0 Å². The molecule has 0 radical (unpaired) electrons. The molecule has 2 aliphatic rings. The van der Waals surface area contributed by atoms with Gasteiger partial charge in [0.15, 0.2) is 18.3 Å². The number of hydrogen-bond acceptors (Lipinski definition) is 11. The summed E-state index contributed by atoms with van der Waals surface area (Å²) in [6.45, 7) is 5.67. The van der Waals surface area contributed by atoms with Crippen LogP contribution in [0.1, 0.15) is 56.9 Å². The molecule has 2 aromatic rings. The molecule has 43 heavy (non-hydrogen) atoms. The average molecular weight is 619 g/mol. The molecule has 0 N–H and O–H groups in total. The Labute approximate surface area is 254 Å². The van der Waals surface area contributed by atoms with Gasteiger partial charge in [0.05, 0.1) is 13.2 Å². The number of ether oxygens (including phenoxy) is 7. The van der Waals surface area contributed by atoms with E-state index >= 15 is 0 Å². The maximum absolute atomic E-state index is 12.3. The monoisotopic (exact) mass is 618 g/mol. The third-order valence-electron chi connectivity index (χ3n) is 6.94. The van der Waals surface area contributed by atoms with Gasteiger partial charge in [0.2, 0.25) is 0 Å². The summed E-state index contributed by atoms with van der Waals surface area (Å²) in [6, 6.07) is 12.9. The summed E-state index contributed by atoms with van der Waals surface area (Å²) in [5.41, 5.74) is 2.19. The summed E-state index contributed by atoms with van der Waals surface area (Å²) in [7, 11) is 0. The molecule has 2 aromatic carbocycles. The van der Waals surface area contributed by atoms with Gasteiger partial charge in [0, 0.05) is 39.1 Å². The first kappa shape index (κ1) is 32.2. The van der Waals surface area contributed by atoms with Crippen LogP contribution in [0.15, 0.2) is 42.5 Å². The predicted molar refractivity (Wildman–Crippen MR) is 151 cm³/mol. The van der Waals surface area contributed by atoms with E-state index in [1.807, 2.05) is 24.3 Å². The van der Waals surface area contributed by atoms with Gasteiger partial charge in [0.25, 0.3) is 0 Å². The molecule has 2 fully saturated rings. The van der Waals surface area contributed by atoms with E-state index in [1.54, 1.807) is 18.2 Å². The van der Waals surface area contributed by atoms with Gasteiger partial charge in [-0.15, -0.1) is 0 Å². The molecule has 11 nitrogen and oxygen atoms in total. The maximum Gasteiger partial charge on any atom is 0.303 e. The third kappa shape index (κ3) is 8.68. The summed E-state index contributed by atoms with van der Waals surface area (Å²) < 4.78 is 39.5. The normalized spacial score (nSPS) is 23.7.